The maximum Gasteiger partial charge on any atom is 0.309 e. The minimum Gasteiger partial charge on any atom is -0.494 e. The van der Waals surface area contributed by atoms with Gasteiger partial charge in [0.1, 0.15) is 5.75 Å². The number of nitrogens with one attached hydrogen (secondary N) is 1. The maximum atomic E-state index is 11.8. The molecule has 0 radical (unpaired) electrons. The average molecular weight is 347 g/mol. The van der Waals surface area contributed by atoms with Gasteiger partial charge in [0, 0.05) is 26.7 Å². The van der Waals surface area contributed by atoms with E-state index >= 15 is 0 Å². The van der Waals surface area contributed by atoms with E-state index < -0.39 is 0 Å². The summed E-state index contributed by atoms with van der Waals surface area (Å²) in [6, 6.07) is 8.06. The molecule has 6 nitrogen and oxygen atoms in total. The Morgan fingerprint density at radius 3 is 2.68 bits per heavy atom. The second-order valence-electron chi connectivity index (χ2n) is 5.99. The van der Waals surface area contributed by atoms with Crippen molar-refractivity contribution in [2.24, 2.45) is 10.9 Å². The Labute approximate surface area is 150 Å². The molecule has 0 aromatic heterocycles. The lowest BCUT2D eigenvalue weighted by Crippen LogP contribution is -2.46. The largest absolute Gasteiger partial charge is 0.494 e. The predicted octanol–water partition coefficient (Wildman–Crippen LogP) is 2.44. The lowest BCUT2D eigenvalue weighted by atomic mass is 9.97. The number of aliphatic imine (C=N–C) groups is 1. The SMILES string of the molecule is CCOC(=O)C1CCN(C(=NC)NCc2cccc(OCC)c2)CC1. The van der Waals surface area contributed by atoms with E-state index in [0.717, 1.165) is 43.2 Å². The van der Waals surface area contributed by atoms with Crippen LogP contribution in [0.4, 0.5) is 0 Å². The van der Waals surface area contributed by atoms with Crippen LogP contribution in [0.3, 0.4) is 0 Å². The first-order chi connectivity index (χ1) is 12.2. The van der Waals surface area contributed by atoms with Crippen LogP contribution in [-0.4, -0.2) is 50.2 Å². The smallest absolute Gasteiger partial charge is 0.309 e. The number of rotatable bonds is 6. The zero-order chi connectivity index (χ0) is 18.1. The van der Waals surface area contributed by atoms with Gasteiger partial charge in [-0.1, -0.05) is 12.1 Å². The van der Waals surface area contributed by atoms with Crippen molar-refractivity contribution in [3.63, 3.8) is 0 Å². The molecule has 138 valence electrons. The molecule has 0 saturated carbocycles. The molecular weight excluding hydrogens is 318 g/mol. The number of hydrogen-bond acceptors (Lipinski definition) is 4. The maximum absolute atomic E-state index is 11.8. The van der Waals surface area contributed by atoms with Crippen LogP contribution in [0.15, 0.2) is 29.3 Å². The summed E-state index contributed by atoms with van der Waals surface area (Å²) >= 11 is 0. The first kappa shape index (κ1) is 19.1. The number of nitrogens with zero attached hydrogens (tertiary/aromatic N) is 2. The molecule has 0 bridgehead atoms. The van der Waals surface area contributed by atoms with Crippen molar-refractivity contribution < 1.29 is 14.3 Å². The number of benzene rings is 1. The molecule has 0 amide bonds. The molecular formula is C19H29N3O3. The summed E-state index contributed by atoms with van der Waals surface area (Å²) in [5.74, 6) is 1.69. The van der Waals surface area contributed by atoms with Gasteiger partial charge < -0.3 is 19.7 Å². The highest BCUT2D eigenvalue weighted by Gasteiger charge is 2.27. The number of esters is 1. The fraction of sp³-hybridized carbons (Fsp3) is 0.579. The highest BCUT2D eigenvalue weighted by atomic mass is 16.5. The molecule has 1 aliphatic heterocycles. The topological polar surface area (TPSA) is 63.2 Å². The van der Waals surface area contributed by atoms with Gasteiger partial charge >= 0.3 is 5.97 Å². The lowest BCUT2D eigenvalue weighted by molar-refractivity contribution is -0.149. The third-order valence-electron chi connectivity index (χ3n) is 4.29. The zero-order valence-corrected chi connectivity index (χ0v) is 15.5. The second-order valence-corrected chi connectivity index (χ2v) is 5.99. The summed E-state index contributed by atoms with van der Waals surface area (Å²) in [5, 5.41) is 3.40. The second kappa shape index (κ2) is 9.91. The van der Waals surface area contributed by atoms with Crippen LogP contribution in [0.1, 0.15) is 32.3 Å². The van der Waals surface area contributed by atoms with Crippen molar-refractivity contribution in [3.05, 3.63) is 29.8 Å². The van der Waals surface area contributed by atoms with Crippen LogP contribution in [0.25, 0.3) is 0 Å². The molecule has 25 heavy (non-hydrogen) atoms. The Bertz CT molecular complexity index is 581. The molecule has 0 spiro atoms. The number of piperidine rings is 1. The first-order valence-electron chi connectivity index (χ1n) is 9.01. The van der Waals surface area contributed by atoms with Gasteiger partial charge in [0.2, 0.25) is 0 Å². The van der Waals surface area contributed by atoms with Gasteiger partial charge in [-0.2, -0.15) is 0 Å². The van der Waals surface area contributed by atoms with Gasteiger partial charge in [-0.15, -0.1) is 0 Å². The molecule has 6 heteroatoms. The summed E-state index contributed by atoms with van der Waals surface area (Å²) in [6.45, 7) is 7.23. The van der Waals surface area contributed by atoms with Crippen LogP contribution in [0.5, 0.6) is 5.75 Å². The monoisotopic (exact) mass is 347 g/mol. The zero-order valence-electron chi connectivity index (χ0n) is 15.5. The Hall–Kier alpha value is -2.24. The first-order valence-corrected chi connectivity index (χ1v) is 9.01. The van der Waals surface area contributed by atoms with E-state index in [2.05, 4.69) is 21.3 Å². The van der Waals surface area contributed by atoms with Crippen LogP contribution < -0.4 is 10.1 Å². The molecule has 1 aromatic carbocycles. The van der Waals surface area contributed by atoms with Gasteiger partial charge in [0.25, 0.3) is 0 Å². The number of hydrogen-bond donors (Lipinski definition) is 1. The molecule has 1 fully saturated rings. The number of likely N-dealkylation sites (tertiary alicyclic amines) is 1. The van der Waals surface area contributed by atoms with Crippen LogP contribution >= 0.6 is 0 Å². The van der Waals surface area contributed by atoms with Crippen molar-refractivity contribution >= 4 is 11.9 Å². The van der Waals surface area contributed by atoms with E-state index in [1.165, 1.54) is 0 Å². The average Bonchev–Trinajstić information content (AvgIpc) is 2.63. The van der Waals surface area contributed by atoms with E-state index in [1.807, 2.05) is 32.0 Å². The number of ether oxygens (including phenoxy) is 2. The minimum absolute atomic E-state index is 0.0113. The van der Waals surface area contributed by atoms with Gasteiger partial charge in [-0.3, -0.25) is 9.79 Å². The Balaban J connectivity index is 1.85. The summed E-state index contributed by atoms with van der Waals surface area (Å²) in [7, 11) is 1.79. The van der Waals surface area contributed by atoms with Gasteiger partial charge in [0.05, 0.1) is 19.1 Å². The van der Waals surface area contributed by atoms with E-state index in [4.69, 9.17) is 9.47 Å². The van der Waals surface area contributed by atoms with Crippen molar-refractivity contribution in [3.8, 4) is 5.75 Å². The molecule has 0 atom stereocenters. The highest BCUT2D eigenvalue weighted by molar-refractivity contribution is 5.80. The third-order valence-corrected chi connectivity index (χ3v) is 4.29. The van der Waals surface area contributed by atoms with E-state index in [-0.39, 0.29) is 11.9 Å². The van der Waals surface area contributed by atoms with E-state index in [9.17, 15) is 4.79 Å². The quantitative estimate of drug-likeness (QED) is 0.486. The molecule has 1 heterocycles. The third kappa shape index (κ3) is 5.66. The fourth-order valence-corrected chi connectivity index (χ4v) is 3.01. The number of guanidine groups is 1. The predicted molar refractivity (Wildman–Crippen MR) is 98.7 cm³/mol. The minimum atomic E-state index is -0.0714. The van der Waals surface area contributed by atoms with Crippen molar-refractivity contribution in [2.75, 3.05) is 33.4 Å². The Morgan fingerprint density at radius 1 is 1.28 bits per heavy atom. The molecule has 1 N–H and O–H groups in total. The summed E-state index contributed by atoms with van der Waals surface area (Å²) in [5.41, 5.74) is 1.15. The van der Waals surface area contributed by atoms with E-state index in [0.29, 0.717) is 19.8 Å². The molecule has 1 saturated heterocycles. The van der Waals surface area contributed by atoms with Gasteiger partial charge in [-0.05, 0) is 44.4 Å². The number of carbonyl (C=O) groups is 1. The molecule has 1 aromatic rings. The van der Waals surface area contributed by atoms with Crippen molar-refractivity contribution in [2.45, 2.75) is 33.2 Å². The van der Waals surface area contributed by atoms with E-state index in [1.54, 1.807) is 7.05 Å². The van der Waals surface area contributed by atoms with Crippen molar-refractivity contribution in [1.29, 1.82) is 0 Å². The number of carbonyl (C=O) groups excluding carboxylic acids is 1. The fourth-order valence-electron chi connectivity index (χ4n) is 3.01. The highest BCUT2D eigenvalue weighted by Crippen LogP contribution is 2.19. The molecule has 1 aliphatic rings. The summed E-state index contributed by atoms with van der Waals surface area (Å²) in [6.07, 6.45) is 1.61. The Kier molecular flexibility index (Phi) is 7.57. The van der Waals surface area contributed by atoms with Crippen LogP contribution in [0, 0.1) is 5.92 Å². The van der Waals surface area contributed by atoms with Crippen LogP contribution in [-0.2, 0) is 16.1 Å². The molecule has 0 aliphatic carbocycles. The Morgan fingerprint density at radius 2 is 2.04 bits per heavy atom. The lowest BCUT2D eigenvalue weighted by Gasteiger charge is -2.33. The molecule has 0 unspecified atom stereocenters. The van der Waals surface area contributed by atoms with Gasteiger partial charge in [0.15, 0.2) is 5.96 Å². The standard InChI is InChI=1S/C19H29N3O3/c1-4-24-17-8-6-7-15(13-17)14-21-19(20-3)22-11-9-16(10-12-22)18(23)25-5-2/h6-8,13,16H,4-5,9-12,14H2,1-3H3,(H,20,21). The van der Waals surface area contributed by atoms with Crippen LogP contribution in [0.2, 0.25) is 0 Å². The van der Waals surface area contributed by atoms with Gasteiger partial charge in [-0.25, -0.2) is 0 Å². The normalized spacial score (nSPS) is 15.8. The molecule has 2 rings (SSSR count). The summed E-state index contributed by atoms with van der Waals surface area (Å²) in [4.78, 5) is 18.4. The summed E-state index contributed by atoms with van der Waals surface area (Å²) < 4.78 is 10.7. The van der Waals surface area contributed by atoms with Crippen molar-refractivity contribution in [1.82, 2.24) is 10.2 Å².